The first-order chi connectivity index (χ1) is 7.40. The average molecular weight is 248 g/mol. The van der Waals surface area contributed by atoms with Crippen molar-refractivity contribution in [3.8, 4) is 0 Å². The average Bonchev–Trinajstić information content (AvgIpc) is 2.20. The molecule has 0 spiro atoms. The molecule has 0 heterocycles. The van der Waals surface area contributed by atoms with Gasteiger partial charge in [0.25, 0.3) is 0 Å². The van der Waals surface area contributed by atoms with E-state index in [-0.39, 0.29) is 11.2 Å². The molecule has 0 amide bonds. The van der Waals surface area contributed by atoms with Crippen molar-refractivity contribution < 1.29 is 8.42 Å². The summed E-state index contributed by atoms with van der Waals surface area (Å²) >= 11 is 0. The van der Waals surface area contributed by atoms with Crippen LogP contribution in [0.15, 0.2) is 0 Å². The maximum atomic E-state index is 11.5. The minimum Gasteiger partial charge on any atom is -0.301 e. The number of sulfonamides is 1. The SMILES string of the molecule is CCN(CC)C1CCC(C)C(S(N)(=O)=O)C1. The van der Waals surface area contributed by atoms with Crippen molar-refractivity contribution in [3.05, 3.63) is 0 Å². The van der Waals surface area contributed by atoms with Crippen molar-refractivity contribution >= 4 is 10.0 Å². The summed E-state index contributed by atoms with van der Waals surface area (Å²) in [5, 5.41) is 4.94. The molecule has 0 radical (unpaired) electrons. The fourth-order valence-corrected chi connectivity index (χ4v) is 4.06. The van der Waals surface area contributed by atoms with Crippen molar-refractivity contribution in [2.75, 3.05) is 13.1 Å². The van der Waals surface area contributed by atoms with E-state index in [0.29, 0.717) is 12.5 Å². The van der Waals surface area contributed by atoms with Crippen LogP contribution in [0.3, 0.4) is 0 Å². The summed E-state index contributed by atoms with van der Waals surface area (Å²) in [4.78, 5) is 2.34. The predicted octanol–water partition coefficient (Wildman–Crippen LogP) is 1.17. The first-order valence-corrected chi connectivity index (χ1v) is 7.76. The third-order valence-electron chi connectivity index (χ3n) is 3.85. The van der Waals surface area contributed by atoms with Crippen LogP contribution >= 0.6 is 0 Å². The Bertz CT molecular complexity index is 312. The van der Waals surface area contributed by atoms with Gasteiger partial charge in [0.15, 0.2) is 0 Å². The van der Waals surface area contributed by atoms with E-state index in [1.165, 1.54) is 0 Å². The Morgan fingerprint density at radius 3 is 2.25 bits per heavy atom. The monoisotopic (exact) mass is 248 g/mol. The molecule has 2 N–H and O–H groups in total. The molecule has 0 aromatic carbocycles. The summed E-state index contributed by atoms with van der Waals surface area (Å²) in [6.07, 6.45) is 2.75. The lowest BCUT2D eigenvalue weighted by Gasteiger charge is -2.38. The van der Waals surface area contributed by atoms with Gasteiger partial charge in [0.2, 0.25) is 10.0 Å². The Labute approximate surface area is 99.2 Å². The van der Waals surface area contributed by atoms with Gasteiger partial charge in [0.1, 0.15) is 0 Å². The molecular formula is C11H24N2O2S. The summed E-state index contributed by atoms with van der Waals surface area (Å²) in [5.74, 6) is 0.196. The topological polar surface area (TPSA) is 63.4 Å². The van der Waals surface area contributed by atoms with Crippen LogP contribution in [0.4, 0.5) is 0 Å². The second kappa shape index (κ2) is 5.47. The molecular weight excluding hydrogens is 224 g/mol. The Kier molecular flexibility index (Phi) is 4.76. The van der Waals surface area contributed by atoms with E-state index in [4.69, 9.17) is 5.14 Å². The molecule has 0 aromatic rings. The van der Waals surface area contributed by atoms with Crippen LogP contribution in [0.1, 0.15) is 40.0 Å². The molecule has 1 aliphatic carbocycles. The molecule has 1 rings (SSSR count). The molecule has 0 bridgehead atoms. The summed E-state index contributed by atoms with van der Waals surface area (Å²) < 4.78 is 23.0. The van der Waals surface area contributed by atoms with Gasteiger partial charge in [-0.1, -0.05) is 20.8 Å². The van der Waals surface area contributed by atoms with Crippen LogP contribution in [0, 0.1) is 5.92 Å². The van der Waals surface area contributed by atoms with E-state index in [0.717, 1.165) is 25.9 Å². The highest BCUT2D eigenvalue weighted by molar-refractivity contribution is 7.89. The molecule has 0 aromatic heterocycles. The van der Waals surface area contributed by atoms with E-state index in [1.54, 1.807) is 0 Å². The first kappa shape index (κ1) is 13.9. The first-order valence-electron chi connectivity index (χ1n) is 6.15. The highest BCUT2D eigenvalue weighted by Gasteiger charge is 2.36. The highest BCUT2D eigenvalue weighted by atomic mass is 32.2. The summed E-state index contributed by atoms with van der Waals surface area (Å²) in [7, 11) is -3.38. The molecule has 5 heteroatoms. The summed E-state index contributed by atoms with van der Waals surface area (Å²) in [6, 6.07) is 0.384. The maximum Gasteiger partial charge on any atom is 0.212 e. The van der Waals surface area contributed by atoms with Gasteiger partial charge < -0.3 is 4.90 Å². The summed E-state index contributed by atoms with van der Waals surface area (Å²) in [6.45, 7) is 8.19. The fraction of sp³-hybridized carbons (Fsp3) is 1.00. The van der Waals surface area contributed by atoms with Crippen LogP contribution in [0.25, 0.3) is 0 Å². The van der Waals surface area contributed by atoms with E-state index in [2.05, 4.69) is 18.7 Å². The van der Waals surface area contributed by atoms with E-state index < -0.39 is 10.0 Å². The van der Waals surface area contributed by atoms with Crippen LogP contribution in [-0.4, -0.2) is 37.7 Å². The third kappa shape index (κ3) is 3.18. The van der Waals surface area contributed by atoms with Crippen LogP contribution in [-0.2, 0) is 10.0 Å². The number of hydrogen-bond donors (Lipinski definition) is 1. The number of primary sulfonamides is 1. The lowest BCUT2D eigenvalue weighted by molar-refractivity contribution is 0.155. The quantitative estimate of drug-likeness (QED) is 0.812. The maximum absolute atomic E-state index is 11.5. The van der Waals surface area contributed by atoms with Crippen molar-refractivity contribution in [2.45, 2.75) is 51.3 Å². The van der Waals surface area contributed by atoms with Crippen LogP contribution in [0.2, 0.25) is 0 Å². The molecule has 3 unspecified atom stereocenters. The number of nitrogens with two attached hydrogens (primary N) is 1. The normalized spacial score (nSPS) is 31.9. The lowest BCUT2D eigenvalue weighted by Crippen LogP contribution is -2.46. The van der Waals surface area contributed by atoms with Crippen molar-refractivity contribution in [1.82, 2.24) is 4.90 Å². The Balaban J connectivity index is 2.75. The predicted molar refractivity (Wildman–Crippen MR) is 66.6 cm³/mol. The Morgan fingerprint density at radius 1 is 1.25 bits per heavy atom. The van der Waals surface area contributed by atoms with E-state index in [1.807, 2.05) is 6.92 Å². The van der Waals surface area contributed by atoms with Gasteiger partial charge in [-0.15, -0.1) is 0 Å². The third-order valence-corrected chi connectivity index (χ3v) is 5.35. The molecule has 4 nitrogen and oxygen atoms in total. The van der Waals surface area contributed by atoms with Crippen molar-refractivity contribution in [1.29, 1.82) is 0 Å². The van der Waals surface area contributed by atoms with Crippen LogP contribution < -0.4 is 5.14 Å². The van der Waals surface area contributed by atoms with Gasteiger partial charge in [0, 0.05) is 6.04 Å². The number of hydrogen-bond acceptors (Lipinski definition) is 3. The van der Waals surface area contributed by atoms with E-state index >= 15 is 0 Å². The zero-order valence-electron chi connectivity index (χ0n) is 10.5. The zero-order chi connectivity index (χ0) is 12.3. The number of rotatable bonds is 4. The molecule has 1 saturated carbocycles. The Hall–Kier alpha value is -0.130. The molecule has 96 valence electrons. The van der Waals surface area contributed by atoms with Crippen molar-refractivity contribution in [2.24, 2.45) is 11.1 Å². The van der Waals surface area contributed by atoms with Gasteiger partial charge in [-0.05, 0) is 38.3 Å². The van der Waals surface area contributed by atoms with Crippen LogP contribution in [0.5, 0.6) is 0 Å². The minimum absolute atomic E-state index is 0.196. The molecule has 1 fully saturated rings. The highest BCUT2D eigenvalue weighted by Crippen LogP contribution is 2.30. The zero-order valence-corrected chi connectivity index (χ0v) is 11.3. The summed E-state index contributed by atoms with van der Waals surface area (Å²) in [5.41, 5.74) is 0. The van der Waals surface area contributed by atoms with Gasteiger partial charge in [-0.25, -0.2) is 13.6 Å². The Morgan fingerprint density at radius 2 is 1.81 bits per heavy atom. The van der Waals surface area contributed by atoms with Gasteiger partial charge >= 0.3 is 0 Å². The molecule has 3 atom stereocenters. The standard InChI is InChI=1S/C11H24N2O2S/c1-4-13(5-2)10-7-6-9(3)11(8-10)16(12,14)15/h9-11H,4-8H2,1-3H3,(H2,12,14,15). The molecule has 16 heavy (non-hydrogen) atoms. The lowest BCUT2D eigenvalue weighted by atomic mass is 9.86. The van der Waals surface area contributed by atoms with Gasteiger partial charge in [-0.3, -0.25) is 0 Å². The van der Waals surface area contributed by atoms with Crippen molar-refractivity contribution in [3.63, 3.8) is 0 Å². The van der Waals surface area contributed by atoms with Gasteiger partial charge in [-0.2, -0.15) is 0 Å². The second-order valence-electron chi connectivity index (χ2n) is 4.79. The smallest absolute Gasteiger partial charge is 0.212 e. The van der Waals surface area contributed by atoms with E-state index in [9.17, 15) is 8.42 Å². The fourth-order valence-electron chi connectivity index (χ4n) is 2.79. The molecule has 1 aliphatic rings. The largest absolute Gasteiger partial charge is 0.301 e. The molecule has 0 aliphatic heterocycles. The van der Waals surface area contributed by atoms with Gasteiger partial charge in [0.05, 0.1) is 5.25 Å². The number of nitrogens with zero attached hydrogens (tertiary/aromatic N) is 1. The minimum atomic E-state index is -3.38. The second-order valence-corrected chi connectivity index (χ2v) is 6.58. The molecule has 0 saturated heterocycles.